The van der Waals surface area contributed by atoms with Gasteiger partial charge < -0.3 is 4.74 Å². The summed E-state index contributed by atoms with van der Waals surface area (Å²) in [6.45, 7) is 3.52. The van der Waals surface area contributed by atoms with Gasteiger partial charge in [0, 0.05) is 5.92 Å². The molecule has 2 nitrogen and oxygen atoms in total. The van der Waals surface area contributed by atoms with Gasteiger partial charge in [-0.3, -0.25) is 4.79 Å². The van der Waals surface area contributed by atoms with Gasteiger partial charge in [-0.05, 0) is 12.3 Å². The van der Waals surface area contributed by atoms with E-state index in [9.17, 15) is 61.9 Å². The Morgan fingerprint density at radius 1 is 0.710 bits per heavy atom. The highest BCUT2D eigenvalue weighted by atomic mass is 19.4. The summed E-state index contributed by atoms with van der Waals surface area (Å²) in [4.78, 5) is 11.8. The number of alkyl halides is 13. The van der Waals surface area contributed by atoms with Crippen molar-refractivity contribution in [1.29, 1.82) is 0 Å². The molecule has 0 N–H and O–H groups in total. The van der Waals surface area contributed by atoms with Gasteiger partial charge in [0.2, 0.25) is 0 Å². The smallest absolute Gasteiger partial charge is 0.460 e. The molecule has 0 radical (unpaired) electrons. The number of halogens is 13. The number of hydrogen-bond acceptors (Lipinski definition) is 2. The van der Waals surface area contributed by atoms with Gasteiger partial charge in [-0.2, -0.15) is 57.1 Å². The molecule has 0 aliphatic rings. The summed E-state index contributed by atoms with van der Waals surface area (Å²) in [5.41, 5.74) is 0. The number of carbonyl (C=O) groups excluding carboxylic acids is 1. The molecule has 0 saturated heterocycles. The lowest BCUT2D eigenvalue weighted by Gasteiger charge is -2.42. The fraction of sp³-hybridized carbons (Fsp3) is 0.938. The molecule has 0 heterocycles. The van der Waals surface area contributed by atoms with Crippen molar-refractivity contribution < 1.29 is 66.6 Å². The molecule has 0 aromatic carbocycles. The molecule has 0 spiro atoms. The number of rotatable bonds is 10. The van der Waals surface area contributed by atoms with Crippen molar-refractivity contribution in [2.75, 3.05) is 6.61 Å². The second-order valence-corrected chi connectivity index (χ2v) is 7.25. The highest BCUT2D eigenvalue weighted by molar-refractivity contribution is 5.72. The van der Waals surface area contributed by atoms with Gasteiger partial charge in [-0.1, -0.05) is 27.7 Å². The minimum absolute atomic E-state index is 0.0504. The van der Waals surface area contributed by atoms with E-state index in [1.807, 2.05) is 0 Å². The van der Waals surface area contributed by atoms with Crippen LogP contribution in [0.1, 0.15) is 34.1 Å². The fourth-order valence-electron chi connectivity index (χ4n) is 2.40. The third kappa shape index (κ3) is 4.83. The highest BCUT2D eigenvalue weighted by Crippen LogP contribution is 2.61. The fourth-order valence-corrected chi connectivity index (χ4v) is 2.40. The molecule has 15 heteroatoms. The molecule has 2 atom stereocenters. The summed E-state index contributed by atoms with van der Waals surface area (Å²) in [6.07, 6.45) is -8.23. The van der Waals surface area contributed by atoms with Crippen LogP contribution in [0.3, 0.4) is 0 Å². The van der Waals surface area contributed by atoms with E-state index in [0.29, 0.717) is 0 Å². The maximum Gasteiger partial charge on any atom is 0.460 e. The highest BCUT2D eigenvalue weighted by Gasteiger charge is 2.91. The SMILES string of the molecule is CCC(C(=O)OCC(C)C)C(C)C(F)(F)C(F)(F)C(F)(F)C(F)(F)C(F)(F)C(F)(F)F. The Kier molecular flexibility index (Phi) is 8.42. The lowest BCUT2D eigenvalue weighted by atomic mass is 9.80. The van der Waals surface area contributed by atoms with Crippen LogP contribution in [-0.4, -0.2) is 48.4 Å². The van der Waals surface area contributed by atoms with E-state index < -0.39 is 66.6 Å². The van der Waals surface area contributed by atoms with E-state index in [-0.39, 0.29) is 12.8 Å². The van der Waals surface area contributed by atoms with Gasteiger partial charge in [-0.25, -0.2) is 0 Å². The molecule has 0 aromatic rings. The van der Waals surface area contributed by atoms with Crippen LogP contribution in [-0.2, 0) is 9.53 Å². The molecule has 186 valence electrons. The monoisotopic (exact) mass is 490 g/mol. The molecule has 2 unspecified atom stereocenters. The van der Waals surface area contributed by atoms with Crippen molar-refractivity contribution in [3.05, 3.63) is 0 Å². The van der Waals surface area contributed by atoms with Crippen molar-refractivity contribution >= 4 is 5.97 Å². The number of carbonyl (C=O) groups is 1. The second-order valence-electron chi connectivity index (χ2n) is 7.25. The van der Waals surface area contributed by atoms with Crippen molar-refractivity contribution in [1.82, 2.24) is 0 Å². The van der Waals surface area contributed by atoms with E-state index in [1.165, 1.54) is 13.8 Å². The van der Waals surface area contributed by atoms with Crippen molar-refractivity contribution in [2.45, 2.75) is 69.9 Å². The molecule has 31 heavy (non-hydrogen) atoms. The Morgan fingerprint density at radius 3 is 1.42 bits per heavy atom. The van der Waals surface area contributed by atoms with Crippen molar-refractivity contribution in [2.24, 2.45) is 17.8 Å². The Hall–Kier alpha value is -1.44. The zero-order valence-corrected chi connectivity index (χ0v) is 16.4. The van der Waals surface area contributed by atoms with Crippen LogP contribution in [0.15, 0.2) is 0 Å². The minimum Gasteiger partial charge on any atom is -0.465 e. The third-order valence-corrected chi connectivity index (χ3v) is 4.43. The Bertz CT molecular complexity index is 625. The van der Waals surface area contributed by atoms with Crippen LogP contribution >= 0.6 is 0 Å². The molecule has 0 bridgehead atoms. The first-order valence-corrected chi connectivity index (χ1v) is 8.57. The predicted molar refractivity (Wildman–Crippen MR) is 79.5 cm³/mol. The maximum absolute atomic E-state index is 14.2. The molecule has 0 rings (SSSR count). The quantitative estimate of drug-likeness (QED) is 0.255. The lowest BCUT2D eigenvalue weighted by molar-refractivity contribution is -0.443. The van der Waals surface area contributed by atoms with Gasteiger partial charge in [-0.15, -0.1) is 0 Å². The van der Waals surface area contributed by atoms with E-state index in [4.69, 9.17) is 0 Å². The van der Waals surface area contributed by atoms with Crippen LogP contribution < -0.4 is 0 Å². The van der Waals surface area contributed by atoms with Gasteiger partial charge in [0.15, 0.2) is 0 Å². The predicted octanol–water partition coefficient (Wildman–Crippen LogP) is 6.59. The van der Waals surface area contributed by atoms with E-state index in [1.54, 1.807) is 0 Å². The largest absolute Gasteiger partial charge is 0.465 e. The third-order valence-electron chi connectivity index (χ3n) is 4.43. The zero-order chi connectivity index (χ0) is 25.4. The molecule has 0 fully saturated rings. The van der Waals surface area contributed by atoms with Gasteiger partial charge in [0.05, 0.1) is 12.5 Å². The average Bonchev–Trinajstić information content (AvgIpc) is 2.58. The molecule has 0 aromatic heterocycles. The number of ether oxygens (including phenoxy) is 1. The summed E-state index contributed by atoms with van der Waals surface area (Å²) in [7, 11) is 0. The van der Waals surface area contributed by atoms with Crippen LogP contribution in [0.5, 0.6) is 0 Å². The molecule has 0 aliphatic carbocycles. The number of esters is 1. The molecular formula is C16H19F13O2. The van der Waals surface area contributed by atoms with Crippen LogP contribution in [0.4, 0.5) is 57.1 Å². The molecule has 0 amide bonds. The summed E-state index contributed by atoms with van der Waals surface area (Å²) in [5.74, 6) is -44.9. The summed E-state index contributed by atoms with van der Waals surface area (Å²) >= 11 is 0. The van der Waals surface area contributed by atoms with E-state index >= 15 is 0 Å². The van der Waals surface area contributed by atoms with Crippen LogP contribution in [0, 0.1) is 17.8 Å². The van der Waals surface area contributed by atoms with Crippen molar-refractivity contribution in [3.8, 4) is 0 Å². The second kappa shape index (κ2) is 8.83. The van der Waals surface area contributed by atoms with Gasteiger partial charge in [0.25, 0.3) is 0 Å². The zero-order valence-electron chi connectivity index (χ0n) is 16.4. The van der Waals surface area contributed by atoms with Crippen molar-refractivity contribution in [3.63, 3.8) is 0 Å². The average molecular weight is 490 g/mol. The van der Waals surface area contributed by atoms with E-state index in [0.717, 1.165) is 6.92 Å². The standard InChI is InChI=1S/C16H19F13O2/c1-5-9(10(30)31-6-7(2)3)8(4)11(17,18)12(19,20)13(21,22)14(23,24)15(25,26)16(27,28)29/h7-9H,5-6H2,1-4H3. The Labute approximate surface area is 168 Å². The first kappa shape index (κ1) is 29.6. The summed E-state index contributed by atoms with van der Waals surface area (Å²) in [6, 6.07) is 0. The van der Waals surface area contributed by atoms with Gasteiger partial charge in [0.1, 0.15) is 0 Å². The summed E-state index contributed by atoms with van der Waals surface area (Å²) < 4.78 is 176. The van der Waals surface area contributed by atoms with Gasteiger partial charge >= 0.3 is 41.8 Å². The van der Waals surface area contributed by atoms with Crippen LogP contribution in [0.25, 0.3) is 0 Å². The Balaban J connectivity index is 6.28. The lowest BCUT2D eigenvalue weighted by Crippen LogP contribution is -2.71. The molecular weight excluding hydrogens is 471 g/mol. The maximum atomic E-state index is 14.2. The summed E-state index contributed by atoms with van der Waals surface area (Å²) in [5, 5.41) is 0. The first-order chi connectivity index (χ1) is 13.4. The van der Waals surface area contributed by atoms with Crippen LogP contribution in [0.2, 0.25) is 0 Å². The topological polar surface area (TPSA) is 26.3 Å². The molecule has 0 aliphatic heterocycles. The normalized spacial score (nSPS) is 17.0. The molecule has 0 saturated carbocycles. The Morgan fingerprint density at radius 2 is 1.10 bits per heavy atom. The van der Waals surface area contributed by atoms with E-state index in [2.05, 4.69) is 4.74 Å². The number of hydrogen-bond donors (Lipinski definition) is 0. The minimum atomic E-state index is -7.97. The first-order valence-electron chi connectivity index (χ1n) is 8.57.